The summed E-state index contributed by atoms with van der Waals surface area (Å²) in [6.45, 7) is 4.63. The predicted molar refractivity (Wildman–Crippen MR) is 115 cm³/mol. The van der Waals surface area contributed by atoms with E-state index < -0.39 is 86.6 Å². The van der Waals surface area contributed by atoms with Crippen molar-refractivity contribution in [2.24, 2.45) is 0 Å². The van der Waals surface area contributed by atoms with Gasteiger partial charge < -0.3 is 54.3 Å². The quantitative estimate of drug-likeness (QED) is 0.151. The summed E-state index contributed by atoms with van der Waals surface area (Å²) < 4.78 is 26.6. The normalized spacial score (nSPS) is 38.7. The van der Waals surface area contributed by atoms with E-state index in [9.17, 15) is 40.2 Å². The van der Waals surface area contributed by atoms with Crippen molar-refractivity contribution in [3.8, 4) is 0 Å². The van der Waals surface area contributed by atoms with Crippen LogP contribution in [0.2, 0.25) is 0 Å². The minimum Gasteiger partial charge on any atom is -0.453 e. The molecule has 0 radical (unpaired) electrons. The Hall–Kier alpha value is -1.94. The first-order chi connectivity index (χ1) is 16.5. The number of esters is 2. The molecule has 0 aromatic rings. The molecule has 2 rings (SSSR count). The summed E-state index contributed by atoms with van der Waals surface area (Å²) in [6, 6.07) is 0. The molecule has 0 unspecified atom stereocenters. The molecule has 0 aromatic heterocycles. The van der Waals surface area contributed by atoms with Crippen molar-refractivity contribution in [3.05, 3.63) is 23.3 Å². The van der Waals surface area contributed by atoms with E-state index in [1.807, 2.05) is 0 Å². The lowest BCUT2D eigenvalue weighted by atomic mass is 9.96. The van der Waals surface area contributed by atoms with Crippen LogP contribution in [0.25, 0.3) is 0 Å². The SMILES string of the molecule is C/C=C(\C)C(=O)O[C@H]1O[C@H](CO)[C@@H](O[C@H]2O[C@H](CO)[C@@H](O)[C@H](OC(=O)/C(C)=C/C)[C@H]2O)[C@H](O)[C@H]1O. The number of hydrogen-bond donors (Lipinski definition) is 6. The highest BCUT2D eigenvalue weighted by atomic mass is 16.7. The molecule has 10 atom stereocenters. The zero-order chi connectivity index (χ0) is 26.4. The zero-order valence-electron chi connectivity index (χ0n) is 19.9. The summed E-state index contributed by atoms with van der Waals surface area (Å²) in [4.78, 5) is 24.2. The number of hydrogen-bond acceptors (Lipinski definition) is 13. The third-order valence-corrected chi connectivity index (χ3v) is 5.91. The molecule has 13 heteroatoms. The van der Waals surface area contributed by atoms with Gasteiger partial charge in [-0.15, -0.1) is 0 Å². The molecular weight excluding hydrogens is 472 g/mol. The van der Waals surface area contributed by atoms with Crippen LogP contribution >= 0.6 is 0 Å². The molecule has 0 aromatic carbocycles. The van der Waals surface area contributed by atoms with E-state index in [4.69, 9.17) is 23.7 Å². The van der Waals surface area contributed by atoms with Gasteiger partial charge in [-0.25, -0.2) is 9.59 Å². The van der Waals surface area contributed by atoms with Crippen molar-refractivity contribution in [1.29, 1.82) is 0 Å². The van der Waals surface area contributed by atoms with Crippen LogP contribution in [0.5, 0.6) is 0 Å². The highest BCUT2D eigenvalue weighted by Crippen LogP contribution is 2.31. The maximum absolute atomic E-state index is 12.2. The summed E-state index contributed by atoms with van der Waals surface area (Å²) in [7, 11) is 0. The van der Waals surface area contributed by atoms with Gasteiger partial charge in [-0.2, -0.15) is 0 Å². The smallest absolute Gasteiger partial charge is 0.335 e. The molecule has 6 N–H and O–H groups in total. The second-order valence-corrected chi connectivity index (χ2v) is 8.23. The van der Waals surface area contributed by atoms with Gasteiger partial charge in [0.05, 0.1) is 13.2 Å². The monoisotopic (exact) mass is 506 g/mol. The molecule has 2 aliphatic rings. The van der Waals surface area contributed by atoms with E-state index in [0.29, 0.717) is 0 Å². The molecule has 35 heavy (non-hydrogen) atoms. The molecule has 2 heterocycles. The van der Waals surface area contributed by atoms with Gasteiger partial charge in [0, 0.05) is 11.1 Å². The average molecular weight is 507 g/mol. The fourth-order valence-electron chi connectivity index (χ4n) is 3.43. The van der Waals surface area contributed by atoms with Crippen LogP contribution < -0.4 is 0 Å². The molecule has 0 aliphatic carbocycles. The van der Waals surface area contributed by atoms with Gasteiger partial charge in [-0.3, -0.25) is 0 Å². The molecule has 2 fully saturated rings. The molecule has 0 spiro atoms. The van der Waals surface area contributed by atoms with Crippen LogP contribution in [0.15, 0.2) is 23.3 Å². The predicted octanol–water partition coefficient (Wildman–Crippen LogP) is -2.36. The Labute approximate surface area is 202 Å². The Balaban J connectivity index is 2.21. The Morgan fingerprint density at radius 2 is 1.23 bits per heavy atom. The largest absolute Gasteiger partial charge is 0.453 e. The van der Waals surface area contributed by atoms with Crippen molar-refractivity contribution in [2.45, 2.75) is 89.1 Å². The third-order valence-electron chi connectivity index (χ3n) is 5.91. The second-order valence-electron chi connectivity index (χ2n) is 8.23. The first-order valence-corrected chi connectivity index (χ1v) is 11.1. The van der Waals surface area contributed by atoms with E-state index in [0.717, 1.165) is 0 Å². The fourth-order valence-corrected chi connectivity index (χ4v) is 3.43. The van der Waals surface area contributed by atoms with Crippen LogP contribution in [-0.2, 0) is 33.3 Å². The standard InChI is InChI=1S/C22H34O13/c1-5-9(3)19(29)33-18-13(25)11(7-23)31-22(16(18)28)34-17-12(8-24)32-21(15(27)14(17)26)35-20(30)10(4)6-2/h5-6,11-18,21-28H,7-8H2,1-4H3/b9-5+,10-6+/t11-,12-,13-,14-,15-,16-,17-,18+,21-,22-/m1/s1. The van der Waals surface area contributed by atoms with E-state index in [-0.39, 0.29) is 11.1 Å². The summed E-state index contributed by atoms with van der Waals surface area (Å²) in [6.07, 6.45) is -13.2. The summed E-state index contributed by atoms with van der Waals surface area (Å²) in [5.41, 5.74) is 0.414. The number of allylic oxidation sites excluding steroid dienone is 2. The topological polar surface area (TPSA) is 202 Å². The molecule has 13 nitrogen and oxygen atoms in total. The number of aliphatic hydroxyl groups is 6. The van der Waals surface area contributed by atoms with Crippen molar-refractivity contribution < 1.29 is 63.9 Å². The fraction of sp³-hybridized carbons (Fsp3) is 0.727. The van der Waals surface area contributed by atoms with Crippen LogP contribution in [0.1, 0.15) is 27.7 Å². The highest BCUT2D eigenvalue weighted by Gasteiger charge is 2.52. The maximum atomic E-state index is 12.2. The minimum atomic E-state index is -1.80. The third kappa shape index (κ3) is 6.64. The summed E-state index contributed by atoms with van der Waals surface area (Å²) in [5.74, 6) is -1.65. The number of ether oxygens (including phenoxy) is 5. The van der Waals surface area contributed by atoms with Crippen molar-refractivity contribution in [2.75, 3.05) is 13.2 Å². The van der Waals surface area contributed by atoms with Crippen LogP contribution in [-0.4, -0.2) is 117 Å². The molecule has 0 amide bonds. The summed E-state index contributed by atoms with van der Waals surface area (Å²) >= 11 is 0. The Morgan fingerprint density at radius 1 is 0.714 bits per heavy atom. The molecule has 2 aliphatic heterocycles. The molecule has 200 valence electrons. The van der Waals surface area contributed by atoms with Crippen LogP contribution in [0, 0.1) is 0 Å². The van der Waals surface area contributed by atoms with Gasteiger partial charge in [0.25, 0.3) is 0 Å². The van der Waals surface area contributed by atoms with E-state index in [1.165, 1.54) is 26.0 Å². The average Bonchev–Trinajstić information content (AvgIpc) is 2.85. The Kier molecular flexibility index (Phi) is 10.8. The zero-order valence-corrected chi connectivity index (χ0v) is 19.9. The van der Waals surface area contributed by atoms with Gasteiger partial charge in [0.15, 0.2) is 12.4 Å². The Morgan fingerprint density at radius 3 is 1.74 bits per heavy atom. The second kappa shape index (κ2) is 12.9. The van der Waals surface area contributed by atoms with Gasteiger partial charge in [0.2, 0.25) is 6.29 Å². The number of carbonyl (C=O) groups excluding carboxylic acids is 2. The van der Waals surface area contributed by atoms with Gasteiger partial charge in [0.1, 0.15) is 42.7 Å². The maximum Gasteiger partial charge on any atom is 0.335 e. The molecule has 2 saturated heterocycles. The highest BCUT2D eigenvalue weighted by molar-refractivity contribution is 5.88. The van der Waals surface area contributed by atoms with Gasteiger partial charge in [-0.05, 0) is 27.7 Å². The first kappa shape index (κ1) is 29.3. The van der Waals surface area contributed by atoms with Gasteiger partial charge in [-0.1, -0.05) is 12.2 Å². The Bertz CT molecular complexity index is 794. The lowest BCUT2D eigenvalue weighted by Gasteiger charge is -2.46. The molecular formula is C22H34O13. The number of rotatable bonds is 8. The van der Waals surface area contributed by atoms with E-state index in [1.54, 1.807) is 13.8 Å². The lowest BCUT2D eigenvalue weighted by Crippen LogP contribution is -2.65. The molecule has 0 saturated carbocycles. The van der Waals surface area contributed by atoms with Gasteiger partial charge >= 0.3 is 11.9 Å². The van der Waals surface area contributed by atoms with Crippen molar-refractivity contribution in [1.82, 2.24) is 0 Å². The van der Waals surface area contributed by atoms with Crippen LogP contribution in [0.4, 0.5) is 0 Å². The minimum absolute atomic E-state index is 0.197. The van der Waals surface area contributed by atoms with Crippen molar-refractivity contribution >= 4 is 11.9 Å². The number of carbonyl (C=O) groups is 2. The first-order valence-electron chi connectivity index (χ1n) is 11.1. The van der Waals surface area contributed by atoms with Crippen LogP contribution in [0.3, 0.4) is 0 Å². The van der Waals surface area contributed by atoms with E-state index in [2.05, 4.69) is 0 Å². The van der Waals surface area contributed by atoms with Crippen molar-refractivity contribution in [3.63, 3.8) is 0 Å². The summed E-state index contributed by atoms with van der Waals surface area (Å²) in [5, 5.41) is 61.5. The van der Waals surface area contributed by atoms with E-state index >= 15 is 0 Å². The number of aliphatic hydroxyl groups excluding tert-OH is 6. The molecule has 0 bridgehead atoms. The lowest BCUT2D eigenvalue weighted by molar-refractivity contribution is -0.355.